The zero-order chi connectivity index (χ0) is 14.2. The topological polar surface area (TPSA) is 57.6 Å². The van der Waals surface area contributed by atoms with Crippen LogP contribution in [0.25, 0.3) is 0 Å². The predicted octanol–water partition coefficient (Wildman–Crippen LogP) is 2.42. The number of carbonyl (C=O) groups excluding carboxylic acids is 1. The summed E-state index contributed by atoms with van der Waals surface area (Å²) in [7, 11) is 0. The molecule has 4 nitrogen and oxygen atoms in total. The molecule has 1 aliphatic rings. The minimum Gasteiger partial charge on any atom is -0.481 e. The maximum absolute atomic E-state index is 11.8. The molecular formula is C15H19NO3. The maximum Gasteiger partial charge on any atom is 0.308 e. The molecule has 0 bridgehead atoms. The molecule has 1 fully saturated rings. The zero-order valence-corrected chi connectivity index (χ0v) is 11.5. The molecule has 1 saturated heterocycles. The zero-order valence-electron chi connectivity index (χ0n) is 11.5. The quantitative estimate of drug-likeness (QED) is 0.889. The minimum atomic E-state index is -0.901. The van der Waals surface area contributed by atoms with E-state index in [1.165, 1.54) is 5.56 Å². The normalized spacial score (nSPS) is 19.8. The first-order chi connectivity index (χ1) is 8.79. The fourth-order valence-corrected chi connectivity index (χ4v) is 2.26. The van der Waals surface area contributed by atoms with E-state index in [4.69, 9.17) is 5.11 Å². The SMILES string of the molecule is CC(C)(C)c1ccc(N2CC(C(=O)O)CC2=O)cc1. The van der Waals surface area contributed by atoms with Crippen molar-refractivity contribution in [3.05, 3.63) is 29.8 Å². The predicted molar refractivity (Wildman–Crippen MR) is 73.2 cm³/mol. The van der Waals surface area contributed by atoms with E-state index in [1.807, 2.05) is 24.3 Å². The third-order valence-electron chi connectivity index (χ3n) is 3.52. The van der Waals surface area contributed by atoms with Crippen LogP contribution in [0.15, 0.2) is 24.3 Å². The molecule has 102 valence electrons. The lowest BCUT2D eigenvalue weighted by Crippen LogP contribution is -2.25. The largest absolute Gasteiger partial charge is 0.481 e. The van der Waals surface area contributed by atoms with Crippen LogP contribution in [0.3, 0.4) is 0 Å². The van der Waals surface area contributed by atoms with Gasteiger partial charge in [0.2, 0.25) is 5.91 Å². The Labute approximate surface area is 113 Å². The van der Waals surface area contributed by atoms with Crippen molar-refractivity contribution in [3.63, 3.8) is 0 Å². The molecule has 0 spiro atoms. The molecule has 0 radical (unpaired) electrons. The van der Waals surface area contributed by atoms with Gasteiger partial charge >= 0.3 is 5.97 Å². The number of hydrogen-bond acceptors (Lipinski definition) is 2. The monoisotopic (exact) mass is 261 g/mol. The van der Waals surface area contributed by atoms with E-state index in [1.54, 1.807) is 4.90 Å². The minimum absolute atomic E-state index is 0.0666. The van der Waals surface area contributed by atoms with Crippen LogP contribution in [0.1, 0.15) is 32.8 Å². The summed E-state index contributed by atoms with van der Waals surface area (Å²) in [5.74, 6) is -1.60. The van der Waals surface area contributed by atoms with Crippen LogP contribution in [0, 0.1) is 5.92 Å². The van der Waals surface area contributed by atoms with E-state index >= 15 is 0 Å². The van der Waals surface area contributed by atoms with E-state index in [0.717, 1.165) is 5.69 Å². The average Bonchev–Trinajstić information content (AvgIpc) is 2.70. The van der Waals surface area contributed by atoms with Gasteiger partial charge in [-0.1, -0.05) is 32.9 Å². The highest BCUT2D eigenvalue weighted by Gasteiger charge is 2.35. The molecule has 4 heteroatoms. The van der Waals surface area contributed by atoms with Crippen LogP contribution in [0.5, 0.6) is 0 Å². The van der Waals surface area contributed by atoms with Crippen LogP contribution in [-0.4, -0.2) is 23.5 Å². The van der Waals surface area contributed by atoms with Crippen molar-refractivity contribution in [1.82, 2.24) is 0 Å². The number of amides is 1. The molecule has 1 amide bonds. The van der Waals surface area contributed by atoms with Crippen LogP contribution in [0.2, 0.25) is 0 Å². The van der Waals surface area contributed by atoms with Crippen molar-refractivity contribution >= 4 is 17.6 Å². The van der Waals surface area contributed by atoms with Gasteiger partial charge in [-0.05, 0) is 23.1 Å². The van der Waals surface area contributed by atoms with Crippen LogP contribution < -0.4 is 4.90 Å². The molecule has 1 aromatic rings. The first-order valence-electron chi connectivity index (χ1n) is 6.43. The second kappa shape index (κ2) is 4.68. The summed E-state index contributed by atoms with van der Waals surface area (Å²) < 4.78 is 0. The van der Waals surface area contributed by atoms with Gasteiger partial charge in [0.05, 0.1) is 5.92 Å². The highest BCUT2D eigenvalue weighted by molar-refractivity contribution is 5.99. The van der Waals surface area contributed by atoms with Crippen LogP contribution >= 0.6 is 0 Å². The number of carbonyl (C=O) groups is 2. The number of aliphatic carboxylic acids is 1. The van der Waals surface area contributed by atoms with Crippen molar-refractivity contribution in [2.24, 2.45) is 5.92 Å². The average molecular weight is 261 g/mol. The molecule has 1 aliphatic heterocycles. The Hall–Kier alpha value is -1.84. The van der Waals surface area contributed by atoms with Gasteiger partial charge in [-0.2, -0.15) is 0 Å². The summed E-state index contributed by atoms with van der Waals surface area (Å²) in [6.45, 7) is 6.65. The fraction of sp³-hybridized carbons (Fsp3) is 0.467. The smallest absolute Gasteiger partial charge is 0.308 e. The standard InChI is InChI=1S/C15H19NO3/c1-15(2,3)11-4-6-12(7-5-11)16-9-10(14(18)19)8-13(16)17/h4-7,10H,8-9H2,1-3H3,(H,18,19). The van der Waals surface area contributed by atoms with Gasteiger partial charge in [0.1, 0.15) is 0 Å². The van der Waals surface area contributed by atoms with Crippen molar-refractivity contribution in [2.45, 2.75) is 32.6 Å². The number of hydrogen-bond donors (Lipinski definition) is 1. The van der Waals surface area contributed by atoms with Crippen molar-refractivity contribution in [3.8, 4) is 0 Å². The Morgan fingerprint density at radius 1 is 1.26 bits per heavy atom. The Kier molecular flexibility index (Phi) is 3.35. The van der Waals surface area contributed by atoms with Crippen LogP contribution in [0.4, 0.5) is 5.69 Å². The number of carboxylic acids is 1. The summed E-state index contributed by atoms with van der Waals surface area (Å²) in [6, 6.07) is 7.78. The first kappa shape index (κ1) is 13.6. The van der Waals surface area contributed by atoms with Crippen LogP contribution in [-0.2, 0) is 15.0 Å². The number of anilines is 1. The van der Waals surface area contributed by atoms with Gasteiger partial charge in [-0.15, -0.1) is 0 Å². The van der Waals surface area contributed by atoms with Gasteiger partial charge in [0.15, 0.2) is 0 Å². The second-order valence-electron chi connectivity index (χ2n) is 6.04. The molecule has 1 aromatic carbocycles. The lowest BCUT2D eigenvalue weighted by molar-refractivity contribution is -0.141. The number of rotatable bonds is 2. The highest BCUT2D eigenvalue weighted by Crippen LogP contribution is 2.28. The van der Waals surface area contributed by atoms with Crippen molar-refractivity contribution < 1.29 is 14.7 Å². The third-order valence-corrected chi connectivity index (χ3v) is 3.52. The van der Waals surface area contributed by atoms with Crippen molar-refractivity contribution in [2.75, 3.05) is 11.4 Å². The van der Waals surface area contributed by atoms with Gasteiger partial charge in [-0.25, -0.2) is 0 Å². The summed E-state index contributed by atoms with van der Waals surface area (Å²) in [6.07, 6.45) is 0.0936. The summed E-state index contributed by atoms with van der Waals surface area (Å²) in [4.78, 5) is 24.3. The third kappa shape index (κ3) is 2.78. The number of carboxylic acid groups (broad SMARTS) is 1. The van der Waals surface area contributed by atoms with Gasteiger partial charge in [-0.3, -0.25) is 9.59 Å². The molecule has 1 N–H and O–H groups in total. The molecule has 1 atom stereocenters. The Balaban J connectivity index is 2.19. The van der Waals surface area contributed by atoms with Gasteiger partial charge in [0, 0.05) is 18.7 Å². The molecule has 0 aromatic heterocycles. The van der Waals surface area contributed by atoms with Gasteiger partial charge in [0.25, 0.3) is 0 Å². The number of nitrogens with zero attached hydrogens (tertiary/aromatic N) is 1. The molecule has 0 saturated carbocycles. The number of benzene rings is 1. The maximum atomic E-state index is 11.8. The molecule has 1 unspecified atom stereocenters. The molecular weight excluding hydrogens is 242 g/mol. The Morgan fingerprint density at radius 3 is 2.26 bits per heavy atom. The first-order valence-corrected chi connectivity index (χ1v) is 6.43. The fourth-order valence-electron chi connectivity index (χ4n) is 2.26. The summed E-state index contributed by atoms with van der Waals surface area (Å²) in [5.41, 5.74) is 2.04. The van der Waals surface area contributed by atoms with E-state index in [9.17, 15) is 9.59 Å². The summed E-state index contributed by atoms with van der Waals surface area (Å²) >= 11 is 0. The summed E-state index contributed by atoms with van der Waals surface area (Å²) in [5, 5.41) is 8.97. The molecule has 0 aliphatic carbocycles. The molecule has 1 heterocycles. The lowest BCUT2D eigenvalue weighted by Gasteiger charge is -2.21. The van der Waals surface area contributed by atoms with E-state index < -0.39 is 11.9 Å². The van der Waals surface area contributed by atoms with E-state index in [0.29, 0.717) is 0 Å². The lowest BCUT2D eigenvalue weighted by atomic mass is 9.87. The van der Waals surface area contributed by atoms with E-state index in [-0.39, 0.29) is 24.3 Å². The second-order valence-corrected chi connectivity index (χ2v) is 6.04. The van der Waals surface area contributed by atoms with Crippen molar-refractivity contribution in [1.29, 1.82) is 0 Å². The Bertz CT molecular complexity index is 499. The Morgan fingerprint density at radius 2 is 1.84 bits per heavy atom. The molecule has 19 heavy (non-hydrogen) atoms. The molecule has 2 rings (SSSR count). The van der Waals surface area contributed by atoms with Gasteiger partial charge < -0.3 is 10.0 Å². The highest BCUT2D eigenvalue weighted by atomic mass is 16.4. The van der Waals surface area contributed by atoms with E-state index in [2.05, 4.69) is 20.8 Å².